The standard InChI is InChI=1S/C12H13ClFN3/c1-2-7-6-10(15)16-17-12(7)8-4-3-5-9(13)11(8)14/h3-5,7H,2,6H2,1H3,(H2,15,16). The molecule has 0 spiro atoms. The van der Waals surface area contributed by atoms with Crippen LogP contribution in [0.1, 0.15) is 25.3 Å². The Morgan fingerprint density at radius 2 is 2.24 bits per heavy atom. The highest BCUT2D eigenvalue weighted by atomic mass is 35.5. The third-order valence-electron chi connectivity index (χ3n) is 2.85. The van der Waals surface area contributed by atoms with Gasteiger partial charge in [-0.15, -0.1) is 5.10 Å². The third-order valence-corrected chi connectivity index (χ3v) is 3.14. The quantitative estimate of drug-likeness (QED) is 0.866. The van der Waals surface area contributed by atoms with E-state index >= 15 is 0 Å². The number of halogens is 2. The summed E-state index contributed by atoms with van der Waals surface area (Å²) in [5, 5.41) is 7.94. The zero-order valence-electron chi connectivity index (χ0n) is 9.45. The van der Waals surface area contributed by atoms with E-state index in [0.29, 0.717) is 23.5 Å². The van der Waals surface area contributed by atoms with E-state index in [4.69, 9.17) is 17.3 Å². The summed E-state index contributed by atoms with van der Waals surface area (Å²) in [6.45, 7) is 2.02. The van der Waals surface area contributed by atoms with Crippen LogP contribution in [0.15, 0.2) is 28.4 Å². The van der Waals surface area contributed by atoms with Crippen molar-refractivity contribution in [3.05, 3.63) is 34.6 Å². The van der Waals surface area contributed by atoms with Gasteiger partial charge in [-0.2, -0.15) is 5.10 Å². The van der Waals surface area contributed by atoms with Crippen molar-refractivity contribution in [3.8, 4) is 0 Å². The van der Waals surface area contributed by atoms with Crippen molar-refractivity contribution in [2.45, 2.75) is 19.8 Å². The Hall–Kier alpha value is -1.42. The molecule has 1 aliphatic rings. The van der Waals surface area contributed by atoms with Crippen LogP contribution in [0.5, 0.6) is 0 Å². The number of nitrogens with two attached hydrogens (primary N) is 1. The minimum absolute atomic E-state index is 0.0977. The molecule has 90 valence electrons. The second kappa shape index (κ2) is 4.84. The van der Waals surface area contributed by atoms with Crippen LogP contribution in [0.2, 0.25) is 5.02 Å². The van der Waals surface area contributed by atoms with E-state index in [1.165, 1.54) is 6.07 Å². The van der Waals surface area contributed by atoms with Crippen LogP contribution in [-0.4, -0.2) is 11.5 Å². The summed E-state index contributed by atoms with van der Waals surface area (Å²) in [5.41, 5.74) is 6.68. The minimum Gasteiger partial charge on any atom is -0.386 e. The van der Waals surface area contributed by atoms with Gasteiger partial charge in [-0.1, -0.05) is 30.7 Å². The maximum Gasteiger partial charge on any atom is 0.150 e. The number of nitrogens with zero attached hydrogens (tertiary/aromatic N) is 2. The van der Waals surface area contributed by atoms with Gasteiger partial charge in [0.05, 0.1) is 10.7 Å². The molecule has 2 N–H and O–H groups in total. The van der Waals surface area contributed by atoms with Gasteiger partial charge in [0, 0.05) is 17.9 Å². The van der Waals surface area contributed by atoms with Gasteiger partial charge in [-0.25, -0.2) is 4.39 Å². The topological polar surface area (TPSA) is 50.7 Å². The van der Waals surface area contributed by atoms with Crippen LogP contribution >= 0.6 is 11.6 Å². The van der Waals surface area contributed by atoms with Gasteiger partial charge >= 0.3 is 0 Å². The van der Waals surface area contributed by atoms with Crippen LogP contribution in [0.25, 0.3) is 0 Å². The summed E-state index contributed by atoms with van der Waals surface area (Å²) < 4.78 is 13.9. The fourth-order valence-electron chi connectivity index (χ4n) is 1.90. The Labute approximate surface area is 104 Å². The summed E-state index contributed by atoms with van der Waals surface area (Å²) in [5.74, 6) is 0.144. The number of rotatable bonds is 2. The largest absolute Gasteiger partial charge is 0.386 e. The van der Waals surface area contributed by atoms with E-state index < -0.39 is 5.82 Å². The van der Waals surface area contributed by atoms with Crippen molar-refractivity contribution >= 4 is 23.1 Å². The van der Waals surface area contributed by atoms with Gasteiger partial charge in [-0.3, -0.25) is 0 Å². The zero-order chi connectivity index (χ0) is 12.4. The van der Waals surface area contributed by atoms with E-state index in [1.54, 1.807) is 12.1 Å². The molecule has 0 saturated carbocycles. The molecule has 0 aliphatic carbocycles. The molecule has 17 heavy (non-hydrogen) atoms. The van der Waals surface area contributed by atoms with Gasteiger partial charge in [0.1, 0.15) is 5.84 Å². The van der Waals surface area contributed by atoms with E-state index in [2.05, 4.69) is 10.2 Å². The van der Waals surface area contributed by atoms with Crippen molar-refractivity contribution in [1.29, 1.82) is 0 Å². The molecule has 0 amide bonds. The van der Waals surface area contributed by atoms with Crippen molar-refractivity contribution in [2.75, 3.05) is 0 Å². The van der Waals surface area contributed by atoms with E-state index in [1.807, 2.05) is 6.92 Å². The molecule has 0 saturated heterocycles. The molecule has 1 aliphatic heterocycles. The summed E-state index contributed by atoms with van der Waals surface area (Å²) in [6, 6.07) is 4.89. The highest BCUT2D eigenvalue weighted by Crippen LogP contribution is 2.25. The van der Waals surface area contributed by atoms with Crippen molar-refractivity contribution in [2.24, 2.45) is 21.9 Å². The van der Waals surface area contributed by atoms with E-state index in [-0.39, 0.29) is 10.9 Å². The molecule has 0 aromatic heterocycles. The average molecular weight is 254 g/mol. The summed E-state index contributed by atoms with van der Waals surface area (Å²) in [7, 11) is 0. The lowest BCUT2D eigenvalue weighted by Crippen LogP contribution is -2.27. The number of hydrogen-bond acceptors (Lipinski definition) is 3. The molecular weight excluding hydrogens is 241 g/mol. The highest BCUT2D eigenvalue weighted by molar-refractivity contribution is 6.31. The fourth-order valence-corrected chi connectivity index (χ4v) is 2.08. The van der Waals surface area contributed by atoms with Crippen LogP contribution in [0.3, 0.4) is 0 Å². The monoisotopic (exact) mass is 253 g/mol. The average Bonchev–Trinajstić information content (AvgIpc) is 2.33. The first-order valence-electron chi connectivity index (χ1n) is 5.47. The first kappa shape index (κ1) is 12.0. The second-order valence-corrected chi connectivity index (χ2v) is 4.39. The van der Waals surface area contributed by atoms with Crippen LogP contribution in [0.4, 0.5) is 4.39 Å². The number of hydrogen-bond donors (Lipinski definition) is 1. The molecule has 1 atom stereocenters. The molecule has 1 unspecified atom stereocenters. The maximum atomic E-state index is 13.9. The lowest BCUT2D eigenvalue weighted by molar-refractivity contribution is 0.616. The SMILES string of the molecule is CCC1CC(N)=NN=C1c1cccc(Cl)c1F. The summed E-state index contributed by atoms with van der Waals surface area (Å²) in [4.78, 5) is 0. The molecule has 2 rings (SSSR count). The van der Waals surface area contributed by atoms with Crippen LogP contribution in [0, 0.1) is 11.7 Å². The molecule has 3 nitrogen and oxygen atoms in total. The number of amidine groups is 1. The Morgan fingerprint density at radius 3 is 2.94 bits per heavy atom. The summed E-state index contributed by atoms with van der Waals surface area (Å²) in [6.07, 6.45) is 1.45. The lowest BCUT2D eigenvalue weighted by Gasteiger charge is -2.20. The minimum atomic E-state index is -0.443. The molecule has 5 heteroatoms. The first-order chi connectivity index (χ1) is 8.13. The van der Waals surface area contributed by atoms with Gasteiger partial charge in [0.15, 0.2) is 5.82 Å². The Kier molecular flexibility index (Phi) is 3.43. The predicted molar refractivity (Wildman–Crippen MR) is 68.0 cm³/mol. The summed E-state index contributed by atoms with van der Waals surface area (Å²) >= 11 is 5.76. The maximum absolute atomic E-state index is 13.9. The molecule has 1 heterocycles. The molecule has 1 aromatic carbocycles. The van der Waals surface area contributed by atoms with Gasteiger partial charge < -0.3 is 5.73 Å². The Balaban J connectivity index is 2.48. The van der Waals surface area contributed by atoms with Crippen molar-refractivity contribution in [1.82, 2.24) is 0 Å². The van der Waals surface area contributed by atoms with E-state index in [0.717, 1.165) is 6.42 Å². The van der Waals surface area contributed by atoms with Crippen LogP contribution < -0.4 is 5.73 Å². The number of benzene rings is 1. The second-order valence-electron chi connectivity index (χ2n) is 3.99. The molecule has 1 aromatic rings. The van der Waals surface area contributed by atoms with E-state index in [9.17, 15) is 4.39 Å². The van der Waals surface area contributed by atoms with Gasteiger partial charge in [0.2, 0.25) is 0 Å². The first-order valence-corrected chi connectivity index (χ1v) is 5.85. The van der Waals surface area contributed by atoms with Gasteiger partial charge in [-0.05, 0) is 12.5 Å². The molecular formula is C12H13ClFN3. The Bertz CT molecular complexity index is 497. The fraction of sp³-hybridized carbons (Fsp3) is 0.333. The smallest absolute Gasteiger partial charge is 0.150 e. The molecule has 0 radical (unpaired) electrons. The normalized spacial score (nSPS) is 19.8. The Morgan fingerprint density at radius 1 is 1.47 bits per heavy atom. The van der Waals surface area contributed by atoms with Crippen molar-refractivity contribution in [3.63, 3.8) is 0 Å². The predicted octanol–water partition coefficient (Wildman–Crippen LogP) is 2.97. The third kappa shape index (κ3) is 2.31. The van der Waals surface area contributed by atoms with Gasteiger partial charge in [0.25, 0.3) is 0 Å². The van der Waals surface area contributed by atoms with Crippen LogP contribution in [-0.2, 0) is 0 Å². The zero-order valence-corrected chi connectivity index (χ0v) is 10.2. The lowest BCUT2D eigenvalue weighted by atomic mass is 9.90. The molecule has 0 bridgehead atoms. The van der Waals surface area contributed by atoms with Crippen molar-refractivity contribution < 1.29 is 4.39 Å². The molecule has 0 fully saturated rings. The highest BCUT2D eigenvalue weighted by Gasteiger charge is 2.24.